The van der Waals surface area contributed by atoms with Crippen LogP contribution in [0, 0.1) is 31.5 Å². The third-order valence-electron chi connectivity index (χ3n) is 8.17. The molecule has 2 aliphatic rings. The number of amides is 2. The SMILES string of the molecule is Cc1nc(-c2c(C(F)F)ccc(Cl)c2F)cnc1C(=O)Nc1cnn(C(C)c2cnc(N3C[C@H]4C[C@H]4C3=O)c(OC(F)F)c2C)c1. The fourth-order valence-corrected chi connectivity index (χ4v) is 5.83. The molecule has 3 atom stereocenters. The van der Waals surface area contributed by atoms with Gasteiger partial charge in [-0.1, -0.05) is 17.7 Å². The van der Waals surface area contributed by atoms with E-state index in [1.165, 1.54) is 35.1 Å². The number of benzene rings is 1. The second-order valence-corrected chi connectivity index (χ2v) is 11.5. The van der Waals surface area contributed by atoms with Gasteiger partial charge in [-0.05, 0) is 39.2 Å². The molecule has 1 N–H and O–H groups in total. The molecule has 6 rings (SSSR count). The van der Waals surface area contributed by atoms with Gasteiger partial charge in [-0.25, -0.2) is 28.1 Å². The van der Waals surface area contributed by atoms with Gasteiger partial charge in [0.25, 0.3) is 12.3 Å². The molecule has 2 amide bonds. The smallest absolute Gasteiger partial charge is 0.387 e. The summed E-state index contributed by atoms with van der Waals surface area (Å²) in [6.45, 7) is 2.00. The lowest BCUT2D eigenvalue weighted by Gasteiger charge is -2.24. The number of pyridine rings is 1. The summed E-state index contributed by atoms with van der Waals surface area (Å²) in [6.07, 6.45) is 3.11. The first kappa shape index (κ1) is 31.3. The molecule has 4 heterocycles. The lowest BCUT2D eigenvalue weighted by Crippen LogP contribution is -2.30. The van der Waals surface area contributed by atoms with E-state index in [1.54, 1.807) is 13.8 Å². The number of aromatic nitrogens is 5. The van der Waals surface area contributed by atoms with E-state index in [4.69, 9.17) is 16.3 Å². The van der Waals surface area contributed by atoms with Crippen LogP contribution in [0.1, 0.15) is 58.7 Å². The van der Waals surface area contributed by atoms with Crippen molar-refractivity contribution in [3.8, 4) is 17.0 Å². The van der Waals surface area contributed by atoms with Crippen LogP contribution in [0.2, 0.25) is 5.02 Å². The first-order valence-electron chi connectivity index (χ1n) is 14.1. The number of nitrogens with one attached hydrogen (secondary N) is 1. The van der Waals surface area contributed by atoms with Crippen LogP contribution in [0.25, 0.3) is 11.3 Å². The molecule has 0 spiro atoms. The molecule has 1 unspecified atom stereocenters. The van der Waals surface area contributed by atoms with Gasteiger partial charge in [-0.15, -0.1) is 0 Å². The Morgan fingerprint density at radius 2 is 1.87 bits per heavy atom. The van der Waals surface area contributed by atoms with Crippen LogP contribution < -0.4 is 15.0 Å². The molecule has 2 fully saturated rings. The largest absolute Gasteiger partial charge is 0.431 e. The quantitative estimate of drug-likeness (QED) is 0.203. The number of ether oxygens (including phenoxy) is 1. The summed E-state index contributed by atoms with van der Waals surface area (Å²) in [6, 6.07) is 1.45. The van der Waals surface area contributed by atoms with E-state index in [1.807, 2.05) is 0 Å². The van der Waals surface area contributed by atoms with Gasteiger partial charge >= 0.3 is 6.61 Å². The van der Waals surface area contributed by atoms with E-state index in [9.17, 15) is 31.5 Å². The lowest BCUT2D eigenvalue weighted by atomic mass is 10.0. The fourth-order valence-electron chi connectivity index (χ4n) is 5.68. The van der Waals surface area contributed by atoms with Crippen LogP contribution in [-0.2, 0) is 4.79 Å². The van der Waals surface area contributed by atoms with Gasteiger partial charge in [-0.3, -0.25) is 19.2 Å². The highest BCUT2D eigenvalue weighted by atomic mass is 35.5. The van der Waals surface area contributed by atoms with Crippen LogP contribution in [0.15, 0.2) is 36.9 Å². The topological polar surface area (TPSA) is 115 Å². The van der Waals surface area contributed by atoms with E-state index >= 15 is 0 Å². The molecule has 4 aromatic rings. The number of hydrogen-bond donors (Lipinski definition) is 1. The fraction of sp³-hybridized carbons (Fsp3) is 0.333. The molecule has 240 valence electrons. The Morgan fingerprint density at radius 1 is 1.11 bits per heavy atom. The van der Waals surface area contributed by atoms with Crippen molar-refractivity contribution in [1.82, 2.24) is 24.7 Å². The molecular formula is C30H25ClF5N7O3. The Bertz CT molecular complexity index is 1870. The lowest BCUT2D eigenvalue weighted by molar-refractivity contribution is -0.118. The van der Waals surface area contributed by atoms with Gasteiger partial charge in [-0.2, -0.15) is 13.9 Å². The summed E-state index contributed by atoms with van der Waals surface area (Å²) in [5.41, 5.74) is -0.373. The highest BCUT2D eigenvalue weighted by molar-refractivity contribution is 6.31. The Morgan fingerprint density at radius 3 is 2.52 bits per heavy atom. The molecule has 1 aliphatic heterocycles. The average Bonchev–Trinajstić information content (AvgIpc) is 3.50. The monoisotopic (exact) mass is 661 g/mol. The Balaban J connectivity index is 1.22. The van der Waals surface area contributed by atoms with Gasteiger partial charge in [0.05, 0.1) is 40.5 Å². The highest BCUT2D eigenvalue weighted by Gasteiger charge is 2.53. The predicted molar refractivity (Wildman–Crippen MR) is 156 cm³/mol. The van der Waals surface area contributed by atoms with E-state index in [0.29, 0.717) is 17.7 Å². The standard InChI is InChI=1S/C30H25ClF5N7O3/c1-12-19(8-38-27(25(12)46-30(35)36)42-10-15-6-18(15)29(42)45)14(3)43-11-16(7-39-43)41-28(44)24-13(2)40-21(9-37-24)22-17(26(33)34)4-5-20(31)23(22)32/h4-5,7-9,11,14-15,18,26,30H,6,10H2,1-3H3,(H,41,44)/t14?,15-,18-/m1/s1. The molecule has 1 saturated carbocycles. The minimum absolute atomic E-state index is 0.0393. The van der Waals surface area contributed by atoms with Crippen LogP contribution in [0.5, 0.6) is 5.75 Å². The molecule has 0 radical (unpaired) electrons. The van der Waals surface area contributed by atoms with Crippen molar-refractivity contribution in [2.45, 2.75) is 46.3 Å². The van der Waals surface area contributed by atoms with Crippen molar-refractivity contribution in [2.24, 2.45) is 11.8 Å². The maximum atomic E-state index is 14.7. The number of piperidine rings is 1. The second kappa shape index (κ2) is 11.9. The van der Waals surface area contributed by atoms with E-state index in [2.05, 4.69) is 25.4 Å². The summed E-state index contributed by atoms with van der Waals surface area (Å²) in [5.74, 6) is -1.99. The predicted octanol–water partition coefficient (Wildman–Crippen LogP) is 6.53. The number of rotatable bonds is 9. The molecule has 16 heteroatoms. The van der Waals surface area contributed by atoms with Crippen molar-refractivity contribution in [2.75, 3.05) is 16.8 Å². The number of carbonyl (C=O) groups excluding carboxylic acids is 2. The summed E-state index contributed by atoms with van der Waals surface area (Å²) >= 11 is 5.80. The minimum Gasteiger partial charge on any atom is -0.431 e. The first-order chi connectivity index (χ1) is 21.8. The first-order valence-corrected chi connectivity index (χ1v) is 14.4. The maximum Gasteiger partial charge on any atom is 0.387 e. The number of fused-ring (bicyclic) bond motifs is 1. The second-order valence-electron chi connectivity index (χ2n) is 11.1. The molecule has 46 heavy (non-hydrogen) atoms. The zero-order valence-electron chi connectivity index (χ0n) is 24.4. The minimum atomic E-state index is -3.14. The molecule has 3 aromatic heterocycles. The zero-order chi connectivity index (χ0) is 33.0. The van der Waals surface area contributed by atoms with E-state index in [0.717, 1.165) is 24.8 Å². The molecular weight excluding hydrogens is 637 g/mol. The highest BCUT2D eigenvalue weighted by Crippen LogP contribution is 2.49. The summed E-state index contributed by atoms with van der Waals surface area (Å²) < 4.78 is 75.0. The Hall–Kier alpha value is -4.66. The van der Waals surface area contributed by atoms with Crippen LogP contribution in [0.4, 0.5) is 33.5 Å². The van der Waals surface area contributed by atoms with Crippen molar-refractivity contribution >= 4 is 34.9 Å². The molecule has 1 aliphatic carbocycles. The van der Waals surface area contributed by atoms with Gasteiger partial charge < -0.3 is 10.1 Å². The van der Waals surface area contributed by atoms with Crippen molar-refractivity contribution < 1.29 is 36.3 Å². The number of hydrogen-bond acceptors (Lipinski definition) is 7. The number of alkyl halides is 4. The summed E-state index contributed by atoms with van der Waals surface area (Å²) in [4.78, 5) is 39.6. The zero-order valence-corrected chi connectivity index (χ0v) is 25.2. The molecule has 0 bridgehead atoms. The van der Waals surface area contributed by atoms with Crippen molar-refractivity contribution in [3.05, 3.63) is 75.8 Å². The molecule has 1 saturated heterocycles. The van der Waals surface area contributed by atoms with E-state index < -0.39 is 41.9 Å². The van der Waals surface area contributed by atoms with Crippen molar-refractivity contribution in [1.29, 1.82) is 0 Å². The number of nitrogens with zero attached hydrogens (tertiary/aromatic N) is 6. The summed E-state index contributed by atoms with van der Waals surface area (Å²) in [5, 5.41) is 6.53. The van der Waals surface area contributed by atoms with Gasteiger partial charge in [0.2, 0.25) is 5.91 Å². The van der Waals surface area contributed by atoms with Gasteiger partial charge in [0, 0.05) is 47.1 Å². The average molecular weight is 662 g/mol. The third kappa shape index (κ3) is 5.63. The van der Waals surface area contributed by atoms with Crippen LogP contribution >= 0.6 is 11.6 Å². The molecule has 1 aromatic carbocycles. The van der Waals surface area contributed by atoms with E-state index in [-0.39, 0.29) is 57.1 Å². The van der Waals surface area contributed by atoms with Gasteiger partial charge in [0.15, 0.2) is 17.4 Å². The normalized spacial score (nSPS) is 17.9. The number of anilines is 2. The maximum absolute atomic E-state index is 14.7. The third-order valence-corrected chi connectivity index (χ3v) is 8.47. The number of halogens is 6. The number of carbonyl (C=O) groups is 2. The number of aryl methyl sites for hydroxylation is 1. The van der Waals surface area contributed by atoms with Crippen molar-refractivity contribution in [3.63, 3.8) is 0 Å². The molecule has 10 nitrogen and oxygen atoms in total. The Labute approximate surface area is 263 Å². The van der Waals surface area contributed by atoms with Crippen LogP contribution in [-0.4, -0.2) is 49.7 Å². The van der Waals surface area contributed by atoms with Gasteiger partial charge in [0.1, 0.15) is 5.69 Å². The Kier molecular flexibility index (Phi) is 8.12. The summed E-state index contributed by atoms with van der Waals surface area (Å²) in [7, 11) is 0. The van der Waals surface area contributed by atoms with Crippen LogP contribution in [0.3, 0.4) is 0 Å².